The van der Waals surface area contributed by atoms with Crippen LogP contribution >= 0.6 is 0 Å². The first-order valence-corrected chi connectivity index (χ1v) is 5.49. The van der Waals surface area contributed by atoms with E-state index >= 15 is 0 Å². The lowest BCUT2D eigenvalue weighted by Gasteiger charge is -2.34. The molecule has 0 radical (unpaired) electrons. The van der Waals surface area contributed by atoms with Crippen LogP contribution in [0.1, 0.15) is 46.0 Å². The van der Waals surface area contributed by atoms with E-state index in [4.69, 9.17) is 0 Å². The van der Waals surface area contributed by atoms with Gasteiger partial charge in [0, 0.05) is 18.0 Å². The van der Waals surface area contributed by atoms with Crippen LogP contribution in [0.4, 0.5) is 0 Å². The first-order valence-electron chi connectivity index (χ1n) is 5.49. The van der Waals surface area contributed by atoms with Gasteiger partial charge < -0.3 is 4.90 Å². The van der Waals surface area contributed by atoms with Crippen molar-refractivity contribution < 1.29 is 4.79 Å². The lowest BCUT2D eigenvalue weighted by Crippen LogP contribution is -2.45. The molecular weight excluding hydrogens is 162 g/mol. The number of carbonyl (C=O) groups is 1. The lowest BCUT2D eigenvalue weighted by atomic mass is 9.95. The highest BCUT2D eigenvalue weighted by Gasteiger charge is 2.43. The molecule has 1 saturated heterocycles. The Balaban J connectivity index is 2.08. The second-order valence-corrected chi connectivity index (χ2v) is 4.72. The summed E-state index contributed by atoms with van der Waals surface area (Å²) in [7, 11) is 0. The molecule has 0 bridgehead atoms. The summed E-state index contributed by atoms with van der Waals surface area (Å²) in [6, 6.07) is 0. The summed E-state index contributed by atoms with van der Waals surface area (Å²) in [6.45, 7) is 5.43. The quantitative estimate of drug-likeness (QED) is 0.639. The van der Waals surface area contributed by atoms with Crippen LogP contribution in [0.2, 0.25) is 0 Å². The third kappa shape index (κ3) is 1.47. The summed E-state index contributed by atoms with van der Waals surface area (Å²) in [5.74, 6) is 0.825. The minimum atomic E-state index is 0.180. The second kappa shape index (κ2) is 3.00. The Bertz CT molecular complexity index is 222. The fourth-order valence-corrected chi connectivity index (χ4v) is 2.32. The first kappa shape index (κ1) is 9.04. The summed E-state index contributed by atoms with van der Waals surface area (Å²) in [4.78, 5) is 14.1. The normalized spacial score (nSPS) is 33.8. The molecule has 0 aromatic rings. The topological polar surface area (TPSA) is 20.3 Å². The van der Waals surface area contributed by atoms with Gasteiger partial charge >= 0.3 is 0 Å². The van der Waals surface area contributed by atoms with Crippen molar-refractivity contribution in [2.24, 2.45) is 5.92 Å². The van der Waals surface area contributed by atoms with E-state index in [9.17, 15) is 4.79 Å². The van der Waals surface area contributed by atoms with Crippen molar-refractivity contribution in [3.05, 3.63) is 0 Å². The van der Waals surface area contributed by atoms with Crippen molar-refractivity contribution in [3.8, 4) is 0 Å². The van der Waals surface area contributed by atoms with E-state index in [-0.39, 0.29) is 5.54 Å². The van der Waals surface area contributed by atoms with Crippen molar-refractivity contribution in [2.45, 2.75) is 51.5 Å². The largest absolute Gasteiger partial charge is 0.337 e. The number of hydrogen-bond donors (Lipinski definition) is 0. The van der Waals surface area contributed by atoms with Crippen molar-refractivity contribution in [3.63, 3.8) is 0 Å². The Morgan fingerprint density at radius 1 is 1.54 bits per heavy atom. The predicted molar refractivity (Wildman–Crippen MR) is 52.4 cm³/mol. The van der Waals surface area contributed by atoms with Gasteiger partial charge in [-0.05, 0) is 39.0 Å². The zero-order chi connectivity index (χ0) is 9.47. The molecule has 2 nitrogen and oxygen atoms in total. The van der Waals surface area contributed by atoms with Gasteiger partial charge in [-0.1, -0.05) is 6.92 Å². The van der Waals surface area contributed by atoms with E-state index in [1.807, 2.05) is 0 Å². The zero-order valence-corrected chi connectivity index (χ0v) is 8.68. The Morgan fingerprint density at radius 3 is 2.77 bits per heavy atom. The third-order valence-electron chi connectivity index (χ3n) is 3.70. The number of rotatable bonds is 2. The summed E-state index contributed by atoms with van der Waals surface area (Å²) in [6.07, 6.45) is 5.76. The molecular formula is C11H19NO. The van der Waals surface area contributed by atoms with Gasteiger partial charge in [-0.15, -0.1) is 0 Å². The summed E-state index contributed by atoms with van der Waals surface area (Å²) in [5.41, 5.74) is 0.180. The van der Waals surface area contributed by atoms with Crippen LogP contribution in [-0.4, -0.2) is 22.9 Å². The van der Waals surface area contributed by atoms with Crippen LogP contribution < -0.4 is 0 Å². The van der Waals surface area contributed by atoms with Crippen molar-refractivity contribution in [1.82, 2.24) is 4.90 Å². The van der Waals surface area contributed by atoms with E-state index in [0.717, 1.165) is 25.8 Å². The molecule has 1 saturated carbocycles. The van der Waals surface area contributed by atoms with Crippen LogP contribution in [0.15, 0.2) is 0 Å². The van der Waals surface area contributed by atoms with Crippen LogP contribution in [0.5, 0.6) is 0 Å². The fraction of sp³-hybridized carbons (Fsp3) is 0.909. The molecule has 74 valence electrons. The minimum absolute atomic E-state index is 0.180. The molecule has 1 aliphatic carbocycles. The second-order valence-electron chi connectivity index (χ2n) is 4.72. The van der Waals surface area contributed by atoms with E-state index < -0.39 is 0 Å². The van der Waals surface area contributed by atoms with Gasteiger partial charge in [0.05, 0.1) is 0 Å². The summed E-state index contributed by atoms with van der Waals surface area (Å²) < 4.78 is 0. The van der Waals surface area contributed by atoms with Gasteiger partial charge in [0.25, 0.3) is 0 Å². The number of nitrogens with zero attached hydrogens (tertiary/aromatic N) is 1. The Hall–Kier alpha value is -0.530. The maximum absolute atomic E-state index is 11.9. The number of likely N-dealkylation sites (tertiary alicyclic amines) is 1. The highest BCUT2D eigenvalue weighted by atomic mass is 16.2. The van der Waals surface area contributed by atoms with Crippen LogP contribution in [0.25, 0.3) is 0 Å². The van der Waals surface area contributed by atoms with Crippen molar-refractivity contribution in [1.29, 1.82) is 0 Å². The van der Waals surface area contributed by atoms with E-state index in [2.05, 4.69) is 18.7 Å². The maximum Gasteiger partial charge on any atom is 0.226 e. The number of carbonyl (C=O) groups excluding carboxylic acids is 1. The average Bonchev–Trinajstić information content (AvgIpc) is 2.89. The molecule has 1 heterocycles. The SMILES string of the molecule is CC[C@]1(C)CCCN1C(=O)C1CC1. The predicted octanol–water partition coefficient (Wildman–Crippen LogP) is 2.19. The molecule has 0 aromatic carbocycles. The average molecular weight is 181 g/mol. The summed E-state index contributed by atoms with van der Waals surface area (Å²) >= 11 is 0. The summed E-state index contributed by atoms with van der Waals surface area (Å²) in [5, 5.41) is 0. The number of hydrogen-bond acceptors (Lipinski definition) is 1. The first-order chi connectivity index (χ1) is 6.17. The molecule has 0 unspecified atom stereocenters. The van der Waals surface area contributed by atoms with Crippen LogP contribution in [0.3, 0.4) is 0 Å². The monoisotopic (exact) mass is 181 g/mol. The lowest BCUT2D eigenvalue weighted by molar-refractivity contribution is -0.136. The molecule has 0 aromatic heterocycles. The van der Waals surface area contributed by atoms with Crippen LogP contribution in [-0.2, 0) is 4.79 Å². The fourth-order valence-electron chi connectivity index (χ4n) is 2.32. The Morgan fingerprint density at radius 2 is 2.23 bits per heavy atom. The standard InChI is InChI=1S/C11H19NO/c1-3-11(2)7-4-8-12(11)10(13)9-5-6-9/h9H,3-8H2,1-2H3/t11-/m1/s1. The molecule has 1 atom stereocenters. The minimum Gasteiger partial charge on any atom is -0.337 e. The molecule has 0 N–H and O–H groups in total. The van der Waals surface area contributed by atoms with E-state index in [1.54, 1.807) is 0 Å². The molecule has 1 amide bonds. The van der Waals surface area contributed by atoms with Gasteiger partial charge in [0.1, 0.15) is 0 Å². The molecule has 2 rings (SSSR count). The molecule has 2 heteroatoms. The molecule has 0 spiro atoms. The third-order valence-corrected chi connectivity index (χ3v) is 3.70. The molecule has 2 aliphatic rings. The van der Waals surface area contributed by atoms with E-state index in [0.29, 0.717) is 11.8 Å². The van der Waals surface area contributed by atoms with Crippen molar-refractivity contribution in [2.75, 3.05) is 6.54 Å². The van der Waals surface area contributed by atoms with E-state index in [1.165, 1.54) is 12.8 Å². The highest BCUT2D eigenvalue weighted by Crippen LogP contribution is 2.38. The van der Waals surface area contributed by atoms with Crippen molar-refractivity contribution >= 4 is 5.91 Å². The highest BCUT2D eigenvalue weighted by molar-refractivity contribution is 5.82. The zero-order valence-electron chi connectivity index (χ0n) is 8.68. The molecule has 1 aliphatic heterocycles. The van der Waals surface area contributed by atoms with Gasteiger partial charge in [-0.2, -0.15) is 0 Å². The van der Waals surface area contributed by atoms with Gasteiger partial charge in [-0.25, -0.2) is 0 Å². The van der Waals surface area contributed by atoms with Gasteiger partial charge in [0.2, 0.25) is 5.91 Å². The molecule has 13 heavy (non-hydrogen) atoms. The maximum atomic E-state index is 11.9. The van der Waals surface area contributed by atoms with Gasteiger partial charge in [0.15, 0.2) is 0 Å². The number of amides is 1. The Kier molecular flexibility index (Phi) is 2.09. The molecule has 2 fully saturated rings. The van der Waals surface area contributed by atoms with Crippen LogP contribution in [0, 0.1) is 5.92 Å². The van der Waals surface area contributed by atoms with Gasteiger partial charge in [-0.3, -0.25) is 4.79 Å². The Labute approximate surface area is 80.3 Å². The smallest absolute Gasteiger partial charge is 0.226 e.